The Morgan fingerprint density at radius 3 is 1.54 bits per heavy atom. The zero-order valence-corrected chi connectivity index (χ0v) is 12.4. The van der Waals surface area contributed by atoms with Gasteiger partial charge in [0.25, 0.3) is 0 Å². The summed E-state index contributed by atoms with van der Waals surface area (Å²) in [5, 5.41) is 0. The lowest BCUT2D eigenvalue weighted by Gasteiger charge is -2.13. The summed E-state index contributed by atoms with van der Waals surface area (Å²) in [4.78, 5) is 11.8. The molecular formula is C17H14F4O3. The summed E-state index contributed by atoms with van der Waals surface area (Å²) in [5.41, 5.74) is -0.310. The molecule has 0 bridgehead atoms. The predicted molar refractivity (Wildman–Crippen MR) is 79.2 cm³/mol. The number of benzene rings is 2. The van der Waals surface area contributed by atoms with Crippen molar-refractivity contribution in [2.24, 2.45) is 0 Å². The first-order chi connectivity index (χ1) is 11.6. The molecule has 0 fully saturated rings. The summed E-state index contributed by atoms with van der Waals surface area (Å²) >= 11 is 0. The molecule has 3 nitrogen and oxygen atoms in total. The van der Waals surface area contributed by atoms with Gasteiger partial charge in [0.05, 0.1) is 0 Å². The smallest absolute Gasteiger partial charge is 0.394 e. The van der Waals surface area contributed by atoms with Crippen molar-refractivity contribution in [2.75, 3.05) is 13.3 Å². The summed E-state index contributed by atoms with van der Waals surface area (Å²) in [5.74, 6) is -0.431. The molecular weight excluding hydrogens is 328 g/mol. The van der Waals surface area contributed by atoms with E-state index in [9.17, 15) is 22.4 Å². The molecule has 0 aliphatic heterocycles. The molecule has 7 heteroatoms. The van der Waals surface area contributed by atoms with Crippen LogP contribution in [0.4, 0.5) is 22.4 Å². The highest BCUT2D eigenvalue weighted by Crippen LogP contribution is 2.30. The van der Waals surface area contributed by atoms with Gasteiger partial charge in [0.2, 0.25) is 0 Å². The number of carbonyl (C=O) groups is 1. The molecule has 0 aliphatic rings. The molecule has 0 N–H and O–H groups in total. The third kappa shape index (κ3) is 4.24. The number of ether oxygens (including phenoxy) is 2. The SMILES string of the molecule is O=C(Oc1ccccc1C(F)CF)Oc1ccccc1C(F)CF. The van der Waals surface area contributed by atoms with E-state index in [2.05, 4.69) is 0 Å². The maximum absolute atomic E-state index is 13.5. The van der Waals surface area contributed by atoms with Crippen LogP contribution in [0.2, 0.25) is 0 Å². The number of alkyl halides is 4. The van der Waals surface area contributed by atoms with Gasteiger partial charge < -0.3 is 9.47 Å². The largest absolute Gasteiger partial charge is 0.519 e. The molecule has 2 rings (SSSR count). The van der Waals surface area contributed by atoms with Crippen molar-refractivity contribution in [3.05, 3.63) is 59.7 Å². The van der Waals surface area contributed by atoms with Crippen LogP contribution in [0, 0.1) is 0 Å². The fourth-order valence-electron chi connectivity index (χ4n) is 2.03. The molecule has 24 heavy (non-hydrogen) atoms. The average molecular weight is 342 g/mol. The topological polar surface area (TPSA) is 35.5 Å². The highest BCUT2D eigenvalue weighted by Gasteiger charge is 2.20. The lowest BCUT2D eigenvalue weighted by molar-refractivity contribution is 0.148. The van der Waals surface area contributed by atoms with Crippen molar-refractivity contribution in [2.45, 2.75) is 12.3 Å². The van der Waals surface area contributed by atoms with Crippen molar-refractivity contribution < 1.29 is 31.8 Å². The summed E-state index contributed by atoms with van der Waals surface area (Å²) in [6, 6.07) is 10.9. The number of para-hydroxylation sites is 2. The van der Waals surface area contributed by atoms with Gasteiger partial charge >= 0.3 is 6.16 Å². The first kappa shape index (κ1) is 17.8. The average Bonchev–Trinajstić information content (AvgIpc) is 2.61. The van der Waals surface area contributed by atoms with Crippen LogP contribution in [-0.2, 0) is 0 Å². The van der Waals surface area contributed by atoms with Crippen molar-refractivity contribution in [1.29, 1.82) is 0 Å². The molecule has 128 valence electrons. The Labute approximate surface area is 135 Å². The van der Waals surface area contributed by atoms with E-state index >= 15 is 0 Å². The van der Waals surface area contributed by atoms with Gasteiger partial charge in [-0.1, -0.05) is 36.4 Å². The normalized spacial score (nSPS) is 13.2. The van der Waals surface area contributed by atoms with Crippen molar-refractivity contribution >= 4 is 6.16 Å². The van der Waals surface area contributed by atoms with Gasteiger partial charge in [0.15, 0.2) is 12.3 Å². The third-order valence-corrected chi connectivity index (χ3v) is 3.17. The Morgan fingerprint density at radius 1 is 0.792 bits per heavy atom. The van der Waals surface area contributed by atoms with Crippen LogP contribution in [0.15, 0.2) is 48.5 Å². The van der Waals surface area contributed by atoms with E-state index in [1.165, 1.54) is 48.5 Å². The highest BCUT2D eigenvalue weighted by atomic mass is 19.2. The van der Waals surface area contributed by atoms with E-state index in [1.54, 1.807) is 0 Å². The van der Waals surface area contributed by atoms with Crippen molar-refractivity contribution in [3.63, 3.8) is 0 Å². The maximum Gasteiger partial charge on any atom is 0.519 e. The zero-order valence-electron chi connectivity index (χ0n) is 12.4. The quantitative estimate of drug-likeness (QED) is 0.410. The molecule has 0 saturated carbocycles. The predicted octanol–water partition coefficient (Wildman–Crippen LogP) is 5.22. The second kappa shape index (κ2) is 8.33. The van der Waals surface area contributed by atoms with Crippen molar-refractivity contribution in [1.82, 2.24) is 0 Å². The van der Waals surface area contributed by atoms with Crippen LogP contribution in [0.3, 0.4) is 0 Å². The minimum Gasteiger partial charge on any atom is -0.394 e. The Morgan fingerprint density at radius 2 is 1.17 bits per heavy atom. The van der Waals surface area contributed by atoms with Gasteiger partial charge in [0, 0.05) is 11.1 Å². The first-order valence-corrected chi connectivity index (χ1v) is 7.04. The lowest BCUT2D eigenvalue weighted by atomic mass is 10.1. The Bertz CT molecular complexity index is 636. The van der Waals surface area contributed by atoms with Gasteiger partial charge in [-0.05, 0) is 12.1 Å². The van der Waals surface area contributed by atoms with Gasteiger partial charge in [-0.3, -0.25) is 0 Å². The summed E-state index contributed by atoms with van der Waals surface area (Å²) < 4.78 is 61.7. The third-order valence-electron chi connectivity index (χ3n) is 3.17. The summed E-state index contributed by atoms with van der Waals surface area (Å²) in [6.45, 7) is -2.56. The Balaban J connectivity index is 2.16. The standard InChI is InChI=1S/C17H14F4O3/c18-9-13(20)11-5-1-3-7-15(11)23-17(22)24-16-8-4-2-6-12(16)14(21)10-19/h1-8,13-14H,9-10H2. The van der Waals surface area contributed by atoms with Crippen molar-refractivity contribution in [3.8, 4) is 11.5 Å². The Kier molecular flexibility index (Phi) is 6.17. The zero-order chi connectivity index (χ0) is 17.5. The van der Waals surface area contributed by atoms with Crippen LogP contribution in [0.25, 0.3) is 0 Å². The van der Waals surface area contributed by atoms with Gasteiger partial charge in [-0.25, -0.2) is 22.4 Å². The molecule has 0 aliphatic carbocycles. The molecule has 0 radical (unpaired) electrons. The number of carbonyl (C=O) groups excluding carboxylic acids is 1. The first-order valence-electron chi connectivity index (χ1n) is 7.04. The Hall–Kier alpha value is -2.57. The number of hydrogen-bond acceptors (Lipinski definition) is 3. The van der Waals surface area contributed by atoms with E-state index < -0.39 is 31.8 Å². The fraction of sp³-hybridized carbons (Fsp3) is 0.235. The van der Waals surface area contributed by atoms with Gasteiger partial charge in [0.1, 0.15) is 24.8 Å². The highest BCUT2D eigenvalue weighted by molar-refractivity contribution is 5.68. The molecule has 2 atom stereocenters. The molecule has 2 aromatic carbocycles. The van der Waals surface area contributed by atoms with E-state index in [-0.39, 0.29) is 22.6 Å². The summed E-state index contributed by atoms with van der Waals surface area (Å²) in [6.07, 6.45) is -5.18. The number of hydrogen-bond donors (Lipinski definition) is 0. The van der Waals surface area contributed by atoms with E-state index in [4.69, 9.17) is 9.47 Å². The lowest BCUT2D eigenvalue weighted by Crippen LogP contribution is -2.16. The van der Waals surface area contributed by atoms with Gasteiger partial charge in [-0.2, -0.15) is 0 Å². The number of rotatable bonds is 6. The van der Waals surface area contributed by atoms with E-state index in [0.29, 0.717) is 0 Å². The monoisotopic (exact) mass is 342 g/mol. The molecule has 0 spiro atoms. The molecule has 0 aromatic heterocycles. The molecule has 2 aromatic rings. The molecule has 2 unspecified atom stereocenters. The molecule has 0 amide bonds. The fourth-order valence-corrected chi connectivity index (χ4v) is 2.03. The van der Waals surface area contributed by atoms with E-state index in [0.717, 1.165) is 0 Å². The second-order valence-electron chi connectivity index (χ2n) is 4.77. The van der Waals surface area contributed by atoms with Gasteiger partial charge in [-0.15, -0.1) is 0 Å². The van der Waals surface area contributed by atoms with Crippen LogP contribution in [-0.4, -0.2) is 19.5 Å². The minimum atomic E-state index is -1.96. The van der Waals surface area contributed by atoms with E-state index in [1.807, 2.05) is 0 Å². The maximum atomic E-state index is 13.5. The molecule has 0 heterocycles. The summed E-state index contributed by atoms with van der Waals surface area (Å²) in [7, 11) is 0. The minimum absolute atomic E-state index is 0.155. The molecule has 0 saturated heterocycles. The number of halogens is 4. The van der Waals surface area contributed by atoms with Crippen LogP contribution in [0.5, 0.6) is 11.5 Å². The van der Waals surface area contributed by atoms with Crippen LogP contribution < -0.4 is 9.47 Å². The van der Waals surface area contributed by atoms with Crippen LogP contribution in [0.1, 0.15) is 23.5 Å². The second-order valence-corrected chi connectivity index (χ2v) is 4.77. The van der Waals surface area contributed by atoms with Crippen LogP contribution >= 0.6 is 0 Å².